The number of thioether (sulfide) groups is 1. The van der Waals surface area contributed by atoms with Crippen molar-refractivity contribution in [2.75, 3.05) is 5.75 Å². The predicted octanol–water partition coefficient (Wildman–Crippen LogP) is 3.87. The summed E-state index contributed by atoms with van der Waals surface area (Å²) in [6.07, 6.45) is 0.578. The zero-order chi connectivity index (χ0) is 16.5. The maximum atomic E-state index is 12.4. The van der Waals surface area contributed by atoms with Crippen LogP contribution in [0.25, 0.3) is 0 Å². The lowest BCUT2D eigenvalue weighted by Gasteiger charge is -2.15. The Bertz CT molecular complexity index is 626. The largest absolute Gasteiger partial charge is 0.461 e. The maximum Gasteiger partial charge on any atom is 0.310 e. The van der Waals surface area contributed by atoms with Gasteiger partial charge in [-0.2, -0.15) is 0 Å². The molecule has 0 saturated carbocycles. The Labute approximate surface area is 141 Å². The van der Waals surface area contributed by atoms with Gasteiger partial charge in [-0.05, 0) is 17.5 Å². The number of rotatable bonds is 7. The first kappa shape index (κ1) is 17.3. The molecule has 3 nitrogen and oxygen atoms in total. The van der Waals surface area contributed by atoms with E-state index in [1.807, 2.05) is 60.7 Å². The van der Waals surface area contributed by atoms with Crippen LogP contribution in [0.4, 0.5) is 0 Å². The van der Waals surface area contributed by atoms with Crippen LogP contribution < -0.4 is 0 Å². The van der Waals surface area contributed by atoms with Gasteiger partial charge in [-0.15, -0.1) is 0 Å². The molecule has 0 aliphatic carbocycles. The van der Waals surface area contributed by atoms with Crippen LogP contribution in [0.3, 0.4) is 0 Å². The first-order chi connectivity index (χ1) is 11.1. The number of hydrogen-bond donors (Lipinski definition) is 0. The Morgan fingerprint density at radius 2 is 1.52 bits per heavy atom. The van der Waals surface area contributed by atoms with Gasteiger partial charge in [-0.25, -0.2) is 0 Å². The molecule has 1 atom stereocenters. The van der Waals surface area contributed by atoms with E-state index in [2.05, 4.69) is 0 Å². The molecule has 2 aromatic rings. The molecule has 0 aromatic heterocycles. The zero-order valence-corrected chi connectivity index (χ0v) is 13.9. The highest BCUT2D eigenvalue weighted by Crippen LogP contribution is 2.18. The van der Waals surface area contributed by atoms with E-state index in [0.29, 0.717) is 12.2 Å². The van der Waals surface area contributed by atoms with Gasteiger partial charge in [0.1, 0.15) is 6.61 Å². The van der Waals surface area contributed by atoms with Gasteiger partial charge in [0.25, 0.3) is 0 Å². The summed E-state index contributed by atoms with van der Waals surface area (Å²) in [5.41, 5.74) is 2.02. The summed E-state index contributed by atoms with van der Waals surface area (Å²) < 4.78 is 5.43. The van der Waals surface area contributed by atoms with Crippen molar-refractivity contribution in [2.24, 2.45) is 5.92 Å². The van der Waals surface area contributed by atoms with Crippen molar-refractivity contribution in [3.63, 3.8) is 0 Å². The molecule has 0 aliphatic rings. The molecule has 2 rings (SSSR count). The summed E-state index contributed by atoms with van der Waals surface area (Å²) in [5, 5.41) is 0.0129. The van der Waals surface area contributed by atoms with Crippen LogP contribution >= 0.6 is 11.8 Å². The summed E-state index contributed by atoms with van der Waals surface area (Å²) >= 11 is 1.17. The molecular weight excluding hydrogens is 308 g/mol. The third kappa shape index (κ3) is 6.28. The number of hydrogen-bond acceptors (Lipinski definition) is 4. The number of carbonyl (C=O) groups is 2. The standard InChI is InChI=1S/C19H20O3S/c1-15(20)23-14-18(12-16-8-4-2-5-9-16)19(21)22-13-17-10-6-3-7-11-17/h2-11,18H,12-14H2,1H3/t18-/m1/s1. The lowest BCUT2D eigenvalue weighted by molar-refractivity contribution is -0.149. The van der Waals surface area contributed by atoms with Crippen molar-refractivity contribution in [2.45, 2.75) is 20.0 Å². The van der Waals surface area contributed by atoms with Crippen LogP contribution in [0.1, 0.15) is 18.1 Å². The van der Waals surface area contributed by atoms with Crippen LogP contribution in [0.15, 0.2) is 60.7 Å². The van der Waals surface area contributed by atoms with E-state index in [1.54, 1.807) is 0 Å². The third-order valence-electron chi connectivity index (χ3n) is 3.37. The van der Waals surface area contributed by atoms with Gasteiger partial charge < -0.3 is 4.74 Å². The molecule has 0 saturated heterocycles. The molecule has 4 heteroatoms. The monoisotopic (exact) mass is 328 g/mol. The van der Waals surface area contributed by atoms with Crippen molar-refractivity contribution >= 4 is 22.8 Å². The smallest absolute Gasteiger partial charge is 0.310 e. The van der Waals surface area contributed by atoms with E-state index in [0.717, 1.165) is 11.1 Å². The van der Waals surface area contributed by atoms with Crippen LogP contribution in [-0.2, 0) is 27.4 Å². The first-order valence-electron chi connectivity index (χ1n) is 7.53. The van der Waals surface area contributed by atoms with Crippen LogP contribution in [-0.4, -0.2) is 16.8 Å². The van der Waals surface area contributed by atoms with Gasteiger partial charge in [0, 0.05) is 12.7 Å². The quantitative estimate of drug-likeness (QED) is 0.724. The molecular formula is C19H20O3S. The molecule has 120 valence electrons. The normalized spacial score (nSPS) is 11.7. The molecule has 0 radical (unpaired) electrons. The molecule has 0 heterocycles. The van der Waals surface area contributed by atoms with Crippen molar-refractivity contribution in [3.05, 3.63) is 71.8 Å². The number of esters is 1. The molecule has 0 bridgehead atoms. The van der Waals surface area contributed by atoms with Gasteiger partial charge in [0.15, 0.2) is 5.12 Å². The Morgan fingerprint density at radius 3 is 2.09 bits per heavy atom. The van der Waals surface area contributed by atoms with Crippen LogP contribution in [0.5, 0.6) is 0 Å². The number of ether oxygens (including phenoxy) is 1. The second-order valence-corrected chi connectivity index (χ2v) is 6.48. The molecule has 0 fully saturated rings. The zero-order valence-electron chi connectivity index (χ0n) is 13.1. The van der Waals surface area contributed by atoms with E-state index >= 15 is 0 Å². The maximum absolute atomic E-state index is 12.4. The highest BCUT2D eigenvalue weighted by atomic mass is 32.2. The molecule has 2 aromatic carbocycles. The van der Waals surface area contributed by atoms with Crippen molar-refractivity contribution < 1.29 is 14.3 Å². The topological polar surface area (TPSA) is 43.4 Å². The minimum atomic E-state index is -0.324. The molecule has 0 aliphatic heterocycles. The van der Waals surface area contributed by atoms with Crippen molar-refractivity contribution in [1.82, 2.24) is 0 Å². The van der Waals surface area contributed by atoms with Crippen LogP contribution in [0, 0.1) is 5.92 Å². The second kappa shape index (κ2) is 9.16. The predicted molar refractivity (Wildman–Crippen MR) is 93.0 cm³/mol. The van der Waals surface area contributed by atoms with E-state index in [4.69, 9.17) is 4.74 Å². The lowest BCUT2D eigenvalue weighted by atomic mass is 10.0. The Hall–Kier alpha value is -2.07. The average Bonchev–Trinajstić information content (AvgIpc) is 2.58. The van der Waals surface area contributed by atoms with Gasteiger partial charge in [0.05, 0.1) is 5.92 Å². The third-order valence-corrected chi connectivity index (χ3v) is 4.35. The van der Waals surface area contributed by atoms with Gasteiger partial charge in [-0.1, -0.05) is 72.4 Å². The summed E-state index contributed by atoms with van der Waals surface area (Å²) in [4.78, 5) is 23.6. The molecule has 23 heavy (non-hydrogen) atoms. The van der Waals surface area contributed by atoms with Crippen LogP contribution in [0.2, 0.25) is 0 Å². The molecule has 0 N–H and O–H groups in total. The fourth-order valence-electron chi connectivity index (χ4n) is 2.17. The van der Waals surface area contributed by atoms with E-state index in [9.17, 15) is 9.59 Å². The fourth-order valence-corrected chi connectivity index (χ4v) is 2.86. The average molecular weight is 328 g/mol. The highest BCUT2D eigenvalue weighted by Gasteiger charge is 2.21. The first-order valence-corrected chi connectivity index (χ1v) is 8.51. The minimum absolute atomic E-state index is 0.0129. The highest BCUT2D eigenvalue weighted by molar-refractivity contribution is 8.13. The van der Waals surface area contributed by atoms with Gasteiger partial charge in [-0.3, -0.25) is 9.59 Å². The van der Waals surface area contributed by atoms with Crippen molar-refractivity contribution in [3.8, 4) is 0 Å². The molecule has 0 spiro atoms. The Morgan fingerprint density at radius 1 is 0.957 bits per heavy atom. The lowest BCUT2D eigenvalue weighted by Crippen LogP contribution is -2.23. The van der Waals surface area contributed by atoms with Crippen molar-refractivity contribution in [1.29, 1.82) is 0 Å². The number of carbonyl (C=O) groups excluding carboxylic acids is 2. The summed E-state index contributed by atoms with van der Waals surface area (Å²) in [7, 11) is 0. The van der Waals surface area contributed by atoms with E-state index < -0.39 is 0 Å². The van der Waals surface area contributed by atoms with Gasteiger partial charge >= 0.3 is 5.97 Å². The van der Waals surface area contributed by atoms with E-state index in [-0.39, 0.29) is 23.6 Å². The second-order valence-electron chi connectivity index (χ2n) is 5.28. The minimum Gasteiger partial charge on any atom is -0.461 e. The Kier molecular flexibility index (Phi) is 6.88. The van der Waals surface area contributed by atoms with Gasteiger partial charge in [0.2, 0.25) is 0 Å². The fraction of sp³-hybridized carbons (Fsp3) is 0.263. The molecule has 0 amide bonds. The number of benzene rings is 2. The molecule has 0 unspecified atom stereocenters. The summed E-state index contributed by atoms with van der Waals surface area (Å²) in [6, 6.07) is 19.4. The Balaban J connectivity index is 1.97. The SMILES string of the molecule is CC(=O)SC[C@@H](Cc1ccccc1)C(=O)OCc1ccccc1. The summed E-state index contributed by atoms with van der Waals surface area (Å²) in [5.74, 6) is -0.140. The van der Waals surface area contributed by atoms with E-state index in [1.165, 1.54) is 18.7 Å². The summed E-state index contributed by atoms with van der Waals surface area (Å²) in [6.45, 7) is 1.77.